The molecule has 0 saturated carbocycles. The van der Waals surface area contributed by atoms with Crippen molar-refractivity contribution in [1.82, 2.24) is 4.98 Å². The standard InChI is InChI=1S/C14H13BrFNOS/c1-18-14-5-2-10(9-17-14)6-7-19-13-8-11(15)3-4-12(13)16/h2-5,8-9H,6-7H2,1H3. The first-order valence-corrected chi connectivity index (χ1v) is 7.53. The van der Waals surface area contributed by atoms with Crippen molar-refractivity contribution in [3.63, 3.8) is 0 Å². The number of hydrogen-bond donors (Lipinski definition) is 0. The van der Waals surface area contributed by atoms with Gasteiger partial charge in [0.25, 0.3) is 0 Å². The number of halogens is 2. The molecule has 100 valence electrons. The van der Waals surface area contributed by atoms with E-state index in [1.807, 2.05) is 12.1 Å². The highest BCUT2D eigenvalue weighted by Crippen LogP contribution is 2.26. The Morgan fingerprint density at radius 2 is 2.16 bits per heavy atom. The molecular weight excluding hydrogens is 329 g/mol. The van der Waals surface area contributed by atoms with E-state index in [9.17, 15) is 4.39 Å². The number of methoxy groups -OCH3 is 1. The average Bonchev–Trinajstić information content (AvgIpc) is 2.43. The van der Waals surface area contributed by atoms with Gasteiger partial charge in [-0.2, -0.15) is 0 Å². The van der Waals surface area contributed by atoms with Crippen LogP contribution in [0.15, 0.2) is 45.9 Å². The van der Waals surface area contributed by atoms with Gasteiger partial charge in [-0.25, -0.2) is 9.37 Å². The van der Waals surface area contributed by atoms with E-state index in [0.717, 1.165) is 22.2 Å². The van der Waals surface area contributed by atoms with Gasteiger partial charge in [-0.05, 0) is 30.2 Å². The lowest BCUT2D eigenvalue weighted by molar-refractivity contribution is 0.397. The Balaban J connectivity index is 1.90. The van der Waals surface area contributed by atoms with Gasteiger partial charge in [0.1, 0.15) is 5.82 Å². The summed E-state index contributed by atoms with van der Waals surface area (Å²) in [5, 5.41) is 0. The molecule has 0 amide bonds. The summed E-state index contributed by atoms with van der Waals surface area (Å²) in [5.41, 5.74) is 1.11. The number of ether oxygens (including phenoxy) is 1. The normalized spacial score (nSPS) is 10.5. The summed E-state index contributed by atoms with van der Waals surface area (Å²) < 4.78 is 19.4. The molecule has 1 aromatic heterocycles. The van der Waals surface area contributed by atoms with Gasteiger partial charge in [0.15, 0.2) is 0 Å². The first-order chi connectivity index (χ1) is 9.19. The first kappa shape index (κ1) is 14.3. The zero-order valence-corrected chi connectivity index (χ0v) is 12.8. The van der Waals surface area contributed by atoms with Crippen molar-refractivity contribution in [3.8, 4) is 5.88 Å². The van der Waals surface area contributed by atoms with E-state index in [0.29, 0.717) is 10.8 Å². The predicted octanol–water partition coefficient (Wildman–Crippen LogP) is 4.33. The fourth-order valence-electron chi connectivity index (χ4n) is 1.55. The maximum atomic E-state index is 13.5. The number of nitrogens with zero attached hydrogens (tertiary/aromatic N) is 1. The summed E-state index contributed by atoms with van der Waals surface area (Å²) in [6.45, 7) is 0. The number of thioether (sulfide) groups is 1. The first-order valence-electron chi connectivity index (χ1n) is 5.76. The highest BCUT2D eigenvalue weighted by Gasteiger charge is 2.04. The van der Waals surface area contributed by atoms with Crippen molar-refractivity contribution in [2.24, 2.45) is 0 Å². The minimum atomic E-state index is -0.180. The summed E-state index contributed by atoms with van der Waals surface area (Å²) in [6.07, 6.45) is 2.63. The van der Waals surface area contributed by atoms with E-state index >= 15 is 0 Å². The highest BCUT2D eigenvalue weighted by molar-refractivity contribution is 9.10. The summed E-state index contributed by atoms with van der Waals surface area (Å²) in [5.74, 6) is 1.23. The molecule has 0 atom stereocenters. The monoisotopic (exact) mass is 341 g/mol. The maximum Gasteiger partial charge on any atom is 0.212 e. The van der Waals surface area contributed by atoms with E-state index in [4.69, 9.17) is 4.74 Å². The molecule has 0 radical (unpaired) electrons. The summed E-state index contributed by atoms with van der Waals surface area (Å²) in [6, 6.07) is 8.78. The van der Waals surface area contributed by atoms with Crippen molar-refractivity contribution in [2.75, 3.05) is 12.9 Å². The molecule has 0 fully saturated rings. The molecule has 1 aromatic carbocycles. The molecular formula is C14H13BrFNOS. The van der Waals surface area contributed by atoms with Crippen LogP contribution >= 0.6 is 27.7 Å². The van der Waals surface area contributed by atoms with Crippen LogP contribution in [0.1, 0.15) is 5.56 Å². The molecule has 2 nitrogen and oxygen atoms in total. The van der Waals surface area contributed by atoms with Crippen molar-refractivity contribution < 1.29 is 9.13 Å². The molecule has 0 saturated heterocycles. The molecule has 0 bridgehead atoms. The fraction of sp³-hybridized carbons (Fsp3) is 0.214. The fourth-order valence-corrected chi connectivity index (χ4v) is 3.03. The molecule has 2 rings (SSSR count). The van der Waals surface area contributed by atoms with Crippen LogP contribution in [0.2, 0.25) is 0 Å². The number of benzene rings is 1. The Morgan fingerprint density at radius 1 is 1.32 bits per heavy atom. The second-order valence-corrected chi connectivity index (χ2v) is 5.93. The predicted molar refractivity (Wildman–Crippen MR) is 79.3 cm³/mol. The van der Waals surface area contributed by atoms with Gasteiger partial charge < -0.3 is 4.74 Å². The molecule has 2 aromatic rings. The van der Waals surface area contributed by atoms with Gasteiger partial charge in [-0.15, -0.1) is 11.8 Å². The smallest absolute Gasteiger partial charge is 0.212 e. The molecule has 5 heteroatoms. The van der Waals surface area contributed by atoms with E-state index in [-0.39, 0.29) is 5.82 Å². The van der Waals surface area contributed by atoms with Crippen LogP contribution in [-0.2, 0) is 6.42 Å². The zero-order valence-electron chi connectivity index (χ0n) is 10.4. The number of rotatable bonds is 5. The third kappa shape index (κ3) is 4.21. The van der Waals surface area contributed by atoms with Crippen LogP contribution in [0, 0.1) is 5.82 Å². The number of aryl methyl sites for hydroxylation is 1. The average molecular weight is 342 g/mol. The Kier molecular flexibility index (Phi) is 5.22. The van der Waals surface area contributed by atoms with Crippen LogP contribution < -0.4 is 4.74 Å². The van der Waals surface area contributed by atoms with Crippen LogP contribution in [-0.4, -0.2) is 17.8 Å². The van der Waals surface area contributed by atoms with E-state index in [2.05, 4.69) is 20.9 Å². The molecule has 1 heterocycles. The lowest BCUT2D eigenvalue weighted by atomic mass is 10.2. The van der Waals surface area contributed by atoms with Crippen molar-refractivity contribution in [3.05, 3.63) is 52.4 Å². The van der Waals surface area contributed by atoms with Crippen LogP contribution in [0.5, 0.6) is 5.88 Å². The molecule has 0 aliphatic carbocycles. The molecule has 0 unspecified atom stereocenters. The van der Waals surface area contributed by atoms with Gasteiger partial charge in [0.05, 0.1) is 7.11 Å². The molecule has 0 aliphatic rings. The van der Waals surface area contributed by atoms with Gasteiger partial charge in [0, 0.05) is 27.4 Å². The van der Waals surface area contributed by atoms with E-state index in [1.165, 1.54) is 17.8 Å². The molecule has 0 spiro atoms. The third-order valence-corrected chi connectivity index (χ3v) is 4.07. The van der Waals surface area contributed by atoms with Gasteiger partial charge in [-0.3, -0.25) is 0 Å². The quantitative estimate of drug-likeness (QED) is 0.756. The third-order valence-electron chi connectivity index (χ3n) is 2.55. The van der Waals surface area contributed by atoms with E-state index < -0.39 is 0 Å². The van der Waals surface area contributed by atoms with Crippen molar-refractivity contribution >= 4 is 27.7 Å². The lowest BCUT2D eigenvalue weighted by Gasteiger charge is -2.05. The summed E-state index contributed by atoms with van der Waals surface area (Å²) in [7, 11) is 1.59. The van der Waals surface area contributed by atoms with Gasteiger partial charge in [0.2, 0.25) is 5.88 Å². The van der Waals surface area contributed by atoms with Crippen LogP contribution in [0.3, 0.4) is 0 Å². The SMILES string of the molecule is COc1ccc(CCSc2cc(Br)ccc2F)cn1. The molecule has 0 N–H and O–H groups in total. The second-order valence-electron chi connectivity index (χ2n) is 3.88. The van der Waals surface area contributed by atoms with Crippen molar-refractivity contribution in [2.45, 2.75) is 11.3 Å². The van der Waals surface area contributed by atoms with Gasteiger partial charge in [-0.1, -0.05) is 22.0 Å². The lowest BCUT2D eigenvalue weighted by Crippen LogP contribution is -1.93. The van der Waals surface area contributed by atoms with E-state index in [1.54, 1.807) is 25.4 Å². The van der Waals surface area contributed by atoms with Crippen molar-refractivity contribution in [1.29, 1.82) is 0 Å². The summed E-state index contributed by atoms with van der Waals surface area (Å²) >= 11 is 4.85. The topological polar surface area (TPSA) is 22.1 Å². The Hall–Kier alpha value is -1.07. The second kappa shape index (κ2) is 6.91. The number of aromatic nitrogens is 1. The minimum absolute atomic E-state index is 0.180. The Morgan fingerprint density at radius 3 is 2.84 bits per heavy atom. The maximum absolute atomic E-state index is 13.5. The number of pyridine rings is 1. The Labute approximate surface area is 124 Å². The molecule has 0 aliphatic heterocycles. The Bertz CT molecular complexity index is 548. The zero-order chi connectivity index (χ0) is 13.7. The van der Waals surface area contributed by atoms with Gasteiger partial charge >= 0.3 is 0 Å². The highest BCUT2D eigenvalue weighted by atomic mass is 79.9. The summed E-state index contributed by atoms with van der Waals surface area (Å²) in [4.78, 5) is 4.80. The molecule has 19 heavy (non-hydrogen) atoms. The largest absolute Gasteiger partial charge is 0.481 e. The van der Waals surface area contributed by atoms with Crippen LogP contribution in [0.4, 0.5) is 4.39 Å². The minimum Gasteiger partial charge on any atom is -0.481 e. The van der Waals surface area contributed by atoms with Crippen LogP contribution in [0.25, 0.3) is 0 Å². The number of hydrogen-bond acceptors (Lipinski definition) is 3.